The van der Waals surface area contributed by atoms with Gasteiger partial charge in [0.1, 0.15) is 5.15 Å². The van der Waals surface area contributed by atoms with Gasteiger partial charge in [0, 0.05) is 24.0 Å². The van der Waals surface area contributed by atoms with E-state index in [0.29, 0.717) is 22.9 Å². The van der Waals surface area contributed by atoms with E-state index in [0.717, 1.165) is 0 Å². The average Bonchev–Trinajstić information content (AvgIpc) is 2.65. The van der Waals surface area contributed by atoms with Crippen LogP contribution in [0.25, 0.3) is 0 Å². The summed E-state index contributed by atoms with van der Waals surface area (Å²) in [6.07, 6.45) is 1.37. The summed E-state index contributed by atoms with van der Waals surface area (Å²) in [7, 11) is 4.40. The zero-order valence-corrected chi connectivity index (χ0v) is 15.1. The number of aromatic nitrogens is 1. The Morgan fingerprint density at radius 1 is 1.08 bits per heavy atom. The highest BCUT2D eigenvalue weighted by molar-refractivity contribution is 6.29. The van der Waals surface area contributed by atoms with Gasteiger partial charge in [-0.05, 0) is 12.1 Å². The molecule has 0 spiro atoms. The zero-order valence-electron chi connectivity index (χ0n) is 14.4. The number of carbonyl (C=O) groups excluding carboxylic acids is 2. The Kier molecular flexibility index (Phi) is 6.62. The average molecular weight is 381 g/mol. The predicted molar refractivity (Wildman–Crippen MR) is 94.3 cm³/mol. The first-order valence-electron chi connectivity index (χ1n) is 7.37. The molecule has 1 N–H and O–H groups in total. The van der Waals surface area contributed by atoms with Gasteiger partial charge in [-0.1, -0.05) is 11.6 Å². The van der Waals surface area contributed by atoms with Gasteiger partial charge in [0.2, 0.25) is 5.75 Å². The van der Waals surface area contributed by atoms with Crippen molar-refractivity contribution in [1.29, 1.82) is 0 Å². The Hall–Kier alpha value is -3.00. The second kappa shape index (κ2) is 8.91. The van der Waals surface area contributed by atoms with Gasteiger partial charge in [-0.2, -0.15) is 0 Å². The van der Waals surface area contributed by atoms with Crippen LogP contribution in [0.5, 0.6) is 17.2 Å². The number of esters is 1. The highest BCUT2D eigenvalue weighted by Crippen LogP contribution is 2.39. The number of anilines is 1. The van der Waals surface area contributed by atoms with E-state index >= 15 is 0 Å². The molecule has 1 amide bonds. The summed E-state index contributed by atoms with van der Waals surface area (Å²) in [5.74, 6) is -0.0627. The van der Waals surface area contributed by atoms with Crippen molar-refractivity contribution in [1.82, 2.24) is 4.98 Å². The molecular formula is C17H17ClN2O6. The van der Waals surface area contributed by atoms with E-state index in [9.17, 15) is 9.59 Å². The van der Waals surface area contributed by atoms with E-state index in [-0.39, 0.29) is 10.7 Å². The maximum Gasteiger partial charge on any atom is 0.338 e. The van der Waals surface area contributed by atoms with Gasteiger partial charge < -0.3 is 24.3 Å². The highest BCUT2D eigenvalue weighted by atomic mass is 35.5. The molecule has 1 heterocycles. The third-order valence-electron chi connectivity index (χ3n) is 3.25. The van der Waals surface area contributed by atoms with E-state index in [1.165, 1.54) is 39.7 Å². The van der Waals surface area contributed by atoms with E-state index in [1.54, 1.807) is 12.1 Å². The molecule has 0 aliphatic heterocycles. The van der Waals surface area contributed by atoms with Crippen molar-refractivity contribution in [3.05, 3.63) is 41.2 Å². The van der Waals surface area contributed by atoms with Crippen molar-refractivity contribution in [2.24, 2.45) is 0 Å². The number of pyridine rings is 1. The summed E-state index contributed by atoms with van der Waals surface area (Å²) >= 11 is 5.71. The Bertz CT molecular complexity index is 787. The molecule has 0 aliphatic rings. The molecule has 138 valence electrons. The smallest absolute Gasteiger partial charge is 0.338 e. The molecule has 2 rings (SSSR count). The number of hydrogen-bond acceptors (Lipinski definition) is 7. The molecule has 0 saturated carbocycles. The summed E-state index contributed by atoms with van der Waals surface area (Å²) in [6.45, 7) is -0.477. The standard InChI is InChI=1S/C17H17ClN2O6/c1-23-12-7-11(8-13(24-2)16(12)25-3)20-15(21)9-26-17(22)10-4-5-19-14(18)6-10/h4-8H,9H2,1-3H3,(H,20,21). The van der Waals surface area contributed by atoms with Crippen LogP contribution in [0.15, 0.2) is 30.5 Å². The summed E-state index contributed by atoms with van der Waals surface area (Å²) in [4.78, 5) is 27.7. The number of benzene rings is 1. The molecule has 26 heavy (non-hydrogen) atoms. The van der Waals surface area contributed by atoms with Gasteiger partial charge in [0.05, 0.1) is 26.9 Å². The lowest BCUT2D eigenvalue weighted by molar-refractivity contribution is -0.119. The third-order valence-corrected chi connectivity index (χ3v) is 3.45. The first kappa shape index (κ1) is 19.3. The summed E-state index contributed by atoms with van der Waals surface area (Å²) in [6, 6.07) is 5.90. The fourth-order valence-corrected chi connectivity index (χ4v) is 2.27. The van der Waals surface area contributed by atoms with Gasteiger partial charge in [-0.25, -0.2) is 9.78 Å². The largest absolute Gasteiger partial charge is 0.493 e. The molecule has 0 saturated heterocycles. The normalized spacial score (nSPS) is 10.0. The maximum absolute atomic E-state index is 12.0. The predicted octanol–water partition coefficient (Wildman–Crippen LogP) is 2.56. The topological polar surface area (TPSA) is 96.0 Å². The quantitative estimate of drug-likeness (QED) is 0.582. The van der Waals surface area contributed by atoms with Crippen LogP contribution in [0, 0.1) is 0 Å². The Balaban J connectivity index is 2.02. The fourth-order valence-electron chi connectivity index (χ4n) is 2.09. The monoisotopic (exact) mass is 380 g/mol. The molecule has 0 unspecified atom stereocenters. The lowest BCUT2D eigenvalue weighted by atomic mass is 10.2. The lowest BCUT2D eigenvalue weighted by Crippen LogP contribution is -2.21. The number of amides is 1. The summed E-state index contributed by atoms with van der Waals surface area (Å²) < 4.78 is 20.6. The molecule has 0 aliphatic carbocycles. The van der Waals surface area contributed by atoms with Crippen molar-refractivity contribution in [3.63, 3.8) is 0 Å². The maximum atomic E-state index is 12.0. The highest BCUT2D eigenvalue weighted by Gasteiger charge is 2.16. The van der Waals surface area contributed by atoms with Crippen LogP contribution < -0.4 is 19.5 Å². The minimum absolute atomic E-state index is 0.154. The molecule has 1 aromatic carbocycles. The Morgan fingerprint density at radius 2 is 1.73 bits per heavy atom. The molecular weight excluding hydrogens is 364 g/mol. The number of ether oxygens (including phenoxy) is 4. The van der Waals surface area contributed by atoms with Crippen LogP contribution in [-0.2, 0) is 9.53 Å². The molecule has 8 nitrogen and oxygen atoms in total. The third kappa shape index (κ3) is 4.76. The first-order valence-corrected chi connectivity index (χ1v) is 7.74. The van der Waals surface area contributed by atoms with E-state index < -0.39 is 18.5 Å². The summed E-state index contributed by atoms with van der Waals surface area (Å²) in [5.41, 5.74) is 0.595. The molecule has 9 heteroatoms. The van der Waals surface area contributed by atoms with Crippen LogP contribution >= 0.6 is 11.6 Å². The number of hydrogen-bond donors (Lipinski definition) is 1. The van der Waals surface area contributed by atoms with Crippen LogP contribution in [-0.4, -0.2) is 44.8 Å². The minimum atomic E-state index is -0.686. The van der Waals surface area contributed by atoms with Crippen LogP contribution in [0.4, 0.5) is 5.69 Å². The van der Waals surface area contributed by atoms with Crippen LogP contribution in [0.3, 0.4) is 0 Å². The first-order chi connectivity index (χ1) is 12.5. The van der Waals surface area contributed by atoms with E-state index in [2.05, 4.69) is 10.3 Å². The van der Waals surface area contributed by atoms with Crippen molar-refractivity contribution < 1.29 is 28.5 Å². The van der Waals surface area contributed by atoms with Crippen molar-refractivity contribution in [2.75, 3.05) is 33.3 Å². The van der Waals surface area contributed by atoms with Crippen molar-refractivity contribution >= 4 is 29.2 Å². The molecule has 0 fully saturated rings. The molecule has 0 atom stereocenters. The molecule has 2 aromatic rings. The number of methoxy groups -OCH3 is 3. The summed E-state index contributed by atoms with van der Waals surface area (Å²) in [5, 5.41) is 2.74. The van der Waals surface area contributed by atoms with E-state index in [1.807, 2.05) is 0 Å². The molecule has 0 radical (unpaired) electrons. The van der Waals surface area contributed by atoms with Gasteiger partial charge in [0.15, 0.2) is 18.1 Å². The minimum Gasteiger partial charge on any atom is -0.493 e. The number of carbonyl (C=O) groups is 2. The van der Waals surface area contributed by atoms with Crippen LogP contribution in [0.1, 0.15) is 10.4 Å². The number of halogens is 1. The number of nitrogens with zero attached hydrogens (tertiary/aromatic N) is 1. The van der Waals surface area contributed by atoms with Gasteiger partial charge in [-0.3, -0.25) is 4.79 Å². The van der Waals surface area contributed by atoms with Crippen molar-refractivity contribution in [3.8, 4) is 17.2 Å². The fraction of sp³-hybridized carbons (Fsp3) is 0.235. The number of rotatable bonds is 7. The van der Waals surface area contributed by atoms with Crippen molar-refractivity contribution in [2.45, 2.75) is 0 Å². The van der Waals surface area contributed by atoms with Gasteiger partial charge in [-0.15, -0.1) is 0 Å². The molecule has 1 aromatic heterocycles. The number of nitrogens with one attached hydrogen (secondary N) is 1. The van der Waals surface area contributed by atoms with Crippen LogP contribution in [0.2, 0.25) is 5.15 Å². The SMILES string of the molecule is COc1cc(NC(=O)COC(=O)c2ccnc(Cl)c2)cc(OC)c1OC. The van der Waals surface area contributed by atoms with E-state index in [4.69, 9.17) is 30.5 Å². The van der Waals surface area contributed by atoms with Gasteiger partial charge >= 0.3 is 5.97 Å². The van der Waals surface area contributed by atoms with Gasteiger partial charge in [0.25, 0.3) is 5.91 Å². The second-order valence-corrected chi connectivity index (χ2v) is 5.29. The second-order valence-electron chi connectivity index (χ2n) is 4.91. The Morgan fingerprint density at radius 3 is 2.27 bits per heavy atom. The molecule has 0 bridgehead atoms. The lowest BCUT2D eigenvalue weighted by Gasteiger charge is -2.14. The zero-order chi connectivity index (χ0) is 19.1. The Labute approximate surface area is 155 Å².